The Balaban J connectivity index is 2.26. The zero-order valence-electron chi connectivity index (χ0n) is 11.2. The molecule has 1 aromatic heterocycles. The standard InChI is InChI=1S/C13H21BrN2OS/c1-13(2,8-15-3)9-16-12(17)5-4-11-6-10(14)7-18-11/h6-7,15H,4-5,8-9H2,1-3H3,(H,16,17). The molecule has 18 heavy (non-hydrogen) atoms. The highest BCUT2D eigenvalue weighted by molar-refractivity contribution is 9.10. The van der Waals surface area contributed by atoms with Gasteiger partial charge in [-0.25, -0.2) is 0 Å². The van der Waals surface area contributed by atoms with Crippen LogP contribution in [0.3, 0.4) is 0 Å². The van der Waals surface area contributed by atoms with E-state index in [1.54, 1.807) is 11.3 Å². The molecule has 3 nitrogen and oxygen atoms in total. The first kappa shape index (κ1) is 15.7. The summed E-state index contributed by atoms with van der Waals surface area (Å²) >= 11 is 5.10. The van der Waals surface area contributed by atoms with Gasteiger partial charge in [0.05, 0.1) is 0 Å². The van der Waals surface area contributed by atoms with E-state index in [0.29, 0.717) is 13.0 Å². The maximum absolute atomic E-state index is 11.7. The van der Waals surface area contributed by atoms with Gasteiger partial charge in [-0.3, -0.25) is 4.79 Å². The van der Waals surface area contributed by atoms with Crippen LogP contribution in [0, 0.1) is 5.41 Å². The van der Waals surface area contributed by atoms with Crippen LogP contribution in [0.15, 0.2) is 15.9 Å². The Kier molecular flexibility index (Phi) is 6.32. The molecule has 0 aliphatic carbocycles. The summed E-state index contributed by atoms with van der Waals surface area (Å²) in [6, 6.07) is 2.07. The SMILES string of the molecule is CNCC(C)(C)CNC(=O)CCc1cc(Br)cs1. The summed E-state index contributed by atoms with van der Waals surface area (Å²) in [5.74, 6) is 0.128. The Labute approximate surface area is 121 Å². The quantitative estimate of drug-likeness (QED) is 0.806. The molecule has 1 heterocycles. The number of carbonyl (C=O) groups is 1. The normalized spacial score (nSPS) is 11.6. The molecule has 1 rings (SSSR count). The van der Waals surface area contributed by atoms with Crippen LogP contribution >= 0.6 is 27.3 Å². The fourth-order valence-electron chi connectivity index (χ4n) is 1.69. The van der Waals surface area contributed by atoms with E-state index >= 15 is 0 Å². The van der Waals surface area contributed by atoms with Crippen molar-refractivity contribution in [3.8, 4) is 0 Å². The number of amides is 1. The van der Waals surface area contributed by atoms with E-state index in [1.165, 1.54) is 4.88 Å². The fourth-order valence-corrected chi connectivity index (χ4v) is 3.14. The van der Waals surface area contributed by atoms with E-state index in [-0.39, 0.29) is 11.3 Å². The highest BCUT2D eigenvalue weighted by Crippen LogP contribution is 2.20. The highest BCUT2D eigenvalue weighted by atomic mass is 79.9. The molecule has 0 aliphatic heterocycles. The van der Waals surface area contributed by atoms with Gasteiger partial charge in [-0.05, 0) is 40.9 Å². The second kappa shape index (κ2) is 7.26. The Morgan fingerprint density at radius 3 is 2.72 bits per heavy atom. The van der Waals surface area contributed by atoms with Gasteiger partial charge in [0.2, 0.25) is 5.91 Å². The number of carbonyl (C=O) groups excluding carboxylic acids is 1. The molecule has 0 saturated carbocycles. The largest absolute Gasteiger partial charge is 0.356 e. The average molecular weight is 333 g/mol. The monoisotopic (exact) mass is 332 g/mol. The zero-order chi connectivity index (χ0) is 13.6. The minimum Gasteiger partial charge on any atom is -0.356 e. The summed E-state index contributed by atoms with van der Waals surface area (Å²) in [4.78, 5) is 13.0. The van der Waals surface area contributed by atoms with Crippen molar-refractivity contribution in [1.82, 2.24) is 10.6 Å². The predicted octanol–water partition coefficient (Wildman–Crippen LogP) is 2.81. The summed E-state index contributed by atoms with van der Waals surface area (Å²) in [6.07, 6.45) is 1.37. The van der Waals surface area contributed by atoms with Crippen molar-refractivity contribution in [2.24, 2.45) is 5.41 Å². The second-order valence-corrected chi connectivity index (χ2v) is 7.11. The number of aryl methyl sites for hydroxylation is 1. The van der Waals surface area contributed by atoms with Gasteiger partial charge in [0.15, 0.2) is 0 Å². The van der Waals surface area contributed by atoms with Gasteiger partial charge in [-0.1, -0.05) is 13.8 Å². The van der Waals surface area contributed by atoms with Crippen LogP contribution in [0.25, 0.3) is 0 Å². The third kappa shape index (κ3) is 5.98. The summed E-state index contributed by atoms with van der Waals surface area (Å²) in [5.41, 5.74) is 0.0936. The number of hydrogen-bond acceptors (Lipinski definition) is 3. The summed E-state index contributed by atoms with van der Waals surface area (Å²) in [7, 11) is 1.93. The molecule has 1 amide bonds. The van der Waals surface area contributed by atoms with Gasteiger partial charge in [-0.2, -0.15) is 0 Å². The van der Waals surface area contributed by atoms with Gasteiger partial charge >= 0.3 is 0 Å². The summed E-state index contributed by atoms with van der Waals surface area (Å²) in [6.45, 7) is 5.88. The lowest BCUT2D eigenvalue weighted by atomic mass is 9.93. The topological polar surface area (TPSA) is 41.1 Å². The molecule has 0 saturated heterocycles. The van der Waals surface area contributed by atoms with Crippen LogP contribution in [0.1, 0.15) is 25.1 Å². The van der Waals surface area contributed by atoms with Crippen LogP contribution in [-0.4, -0.2) is 26.0 Å². The van der Waals surface area contributed by atoms with Crippen LogP contribution in [0.2, 0.25) is 0 Å². The fraction of sp³-hybridized carbons (Fsp3) is 0.615. The molecule has 0 unspecified atom stereocenters. The van der Waals surface area contributed by atoms with Crippen molar-refractivity contribution < 1.29 is 4.79 Å². The van der Waals surface area contributed by atoms with E-state index in [2.05, 4.69) is 46.5 Å². The van der Waals surface area contributed by atoms with E-state index in [9.17, 15) is 4.79 Å². The minimum atomic E-state index is 0.0936. The third-order valence-corrected chi connectivity index (χ3v) is 4.40. The first-order valence-corrected chi connectivity index (χ1v) is 7.74. The van der Waals surface area contributed by atoms with Crippen molar-refractivity contribution in [3.63, 3.8) is 0 Å². The van der Waals surface area contributed by atoms with Gasteiger partial charge in [-0.15, -0.1) is 11.3 Å². The molecule has 102 valence electrons. The van der Waals surface area contributed by atoms with Crippen LogP contribution in [-0.2, 0) is 11.2 Å². The van der Waals surface area contributed by atoms with Crippen LogP contribution in [0.5, 0.6) is 0 Å². The van der Waals surface area contributed by atoms with Gasteiger partial charge in [0.1, 0.15) is 0 Å². The van der Waals surface area contributed by atoms with Crippen molar-refractivity contribution >= 4 is 33.2 Å². The molecule has 2 N–H and O–H groups in total. The van der Waals surface area contributed by atoms with E-state index in [1.807, 2.05) is 12.4 Å². The van der Waals surface area contributed by atoms with Crippen molar-refractivity contribution in [3.05, 3.63) is 20.8 Å². The lowest BCUT2D eigenvalue weighted by Gasteiger charge is -2.24. The van der Waals surface area contributed by atoms with E-state index < -0.39 is 0 Å². The molecule has 0 aromatic carbocycles. The number of hydrogen-bond donors (Lipinski definition) is 2. The Morgan fingerprint density at radius 2 is 2.17 bits per heavy atom. The molecule has 0 bridgehead atoms. The number of halogens is 1. The Hall–Kier alpha value is -0.390. The highest BCUT2D eigenvalue weighted by Gasteiger charge is 2.17. The Morgan fingerprint density at radius 1 is 1.44 bits per heavy atom. The summed E-state index contributed by atoms with van der Waals surface area (Å²) < 4.78 is 1.10. The number of nitrogens with one attached hydrogen (secondary N) is 2. The molecular formula is C13H21BrN2OS. The van der Waals surface area contributed by atoms with E-state index in [4.69, 9.17) is 0 Å². The molecule has 0 aliphatic rings. The molecule has 1 aromatic rings. The van der Waals surface area contributed by atoms with Crippen molar-refractivity contribution in [2.45, 2.75) is 26.7 Å². The minimum absolute atomic E-state index is 0.0936. The predicted molar refractivity (Wildman–Crippen MR) is 81.1 cm³/mol. The second-order valence-electron chi connectivity index (χ2n) is 5.20. The Bertz CT molecular complexity index is 390. The third-order valence-electron chi connectivity index (χ3n) is 2.64. The number of rotatable bonds is 7. The van der Waals surface area contributed by atoms with Gasteiger partial charge < -0.3 is 10.6 Å². The van der Waals surface area contributed by atoms with Crippen molar-refractivity contribution in [2.75, 3.05) is 20.1 Å². The number of thiophene rings is 1. The average Bonchev–Trinajstić information content (AvgIpc) is 2.70. The molecular weight excluding hydrogens is 312 g/mol. The van der Waals surface area contributed by atoms with Crippen molar-refractivity contribution in [1.29, 1.82) is 0 Å². The van der Waals surface area contributed by atoms with Gasteiger partial charge in [0, 0.05) is 34.2 Å². The van der Waals surface area contributed by atoms with Gasteiger partial charge in [0.25, 0.3) is 0 Å². The molecule has 0 radical (unpaired) electrons. The smallest absolute Gasteiger partial charge is 0.220 e. The maximum atomic E-state index is 11.7. The molecule has 0 fully saturated rings. The summed E-state index contributed by atoms with van der Waals surface area (Å²) in [5, 5.41) is 8.18. The lowest BCUT2D eigenvalue weighted by molar-refractivity contribution is -0.121. The van der Waals surface area contributed by atoms with Crippen LogP contribution < -0.4 is 10.6 Å². The molecule has 0 atom stereocenters. The van der Waals surface area contributed by atoms with Crippen LogP contribution in [0.4, 0.5) is 0 Å². The maximum Gasteiger partial charge on any atom is 0.220 e. The zero-order valence-corrected chi connectivity index (χ0v) is 13.6. The first-order chi connectivity index (χ1) is 8.43. The molecule has 5 heteroatoms. The molecule has 0 spiro atoms. The first-order valence-electron chi connectivity index (χ1n) is 6.07. The van der Waals surface area contributed by atoms with E-state index in [0.717, 1.165) is 17.4 Å². The lowest BCUT2D eigenvalue weighted by Crippen LogP contribution is -2.39.